The van der Waals surface area contributed by atoms with Gasteiger partial charge in [-0.1, -0.05) is 145 Å². The molecule has 0 aliphatic carbocycles. The van der Waals surface area contributed by atoms with E-state index in [1.165, 1.54) is 53.5 Å². The van der Waals surface area contributed by atoms with Gasteiger partial charge in [0.2, 0.25) is 0 Å². The topological polar surface area (TPSA) is 43.6 Å². The molecule has 242 valence electrons. The van der Waals surface area contributed by atoms with Gasteiger partial charge in [-0.2, -0.15) is 0 Å². The second-order valence-electron chi connectivity index (χ2n) is 13.2. The van der Waals surface area contributed by atoms with Crippen LogP contribution in [-0.2, 0) is 0 Å². The van der Waals surface area contributed by atoms with Crippen LogP contribution in [0, 0.1) is 0 Å². The van der Waals surface area contributed by atoms with E-state index in [9.17, 15) is 0 Å². The van der Waals surface area contributed by atoms with E-state index < -0.39 is 0 Å². The lowest BCUT2D eigenvalue weighted by Gasteiger charge is -2.17. The number of benzene rings is 8. The Kier molecular flexibility index (Phi) is 6.45. The summed E-state index contributed by atoms with van der Waals surface area (Å²) in [6.45, 7) is 0. The van der Waals surface area contributed by atoms with Crippen LogP contribution in [0.2, 0.25) is 0 Å². The second-order valence-corrected chi connectivity index (χ2v) is 14.3. The smallest absolute Gasteiger partial charge is 0.164 e. The van der Waals surface area contributed by atoms with E-state index in [1.54, 1.807) is 0 Å². The Balaban J connectivity index is 1.24. The summed E-state index contributed by atoms with van der Waals surface area (Å²) in [7, 11) is 0. The van der Waals surface area contributed by atoms with Gasteiger partial charge >= 0.3 is 0 Å². The van der Waals surface area contributed by atoms with Gasteiger partial charge in [0.05, 0.1) is 11.0 Å². The molecular formula is C47H28N4S. The van der Waals surface area contributed by atoms with Crippen molar-refractivity contribution in [2.75, 3.05) is 0 Å². The Morgan fingerprint density at radius 3 is 1.67 bits per heavy atom. The molecule has 0 atom stereocenters. The number of nitrogens with zero attached hydrogens (tertiary/aromatic N) is 4. The van der Waals surface area contributed by atoms with Gasteiger partial charge in [0.25, 0.3) is 0 Å². The van der Waals surface area contributed by atoms with Crippen molar-refractivity contribution in [1.82, 2.24) is 19.5 Å². The van der Waals surface area contributed by atoms with E-state index in [4.69, 9.17) is 15.0 Å². The standard InChI is InChI=1S/C47H28N4S/c1-4-14-29(15-5-1)36-28-39-44-42-35(36)22-12-24-40(42)52-41-25-13-23-38(43(41)44)51(39)33-26-32-20-10-11-21-34(32)37(27-33)47-49-45(30-16-6-2-7-17-30)48-46(50-47)31-18-8-3-9-19-31/h1-28H. The number of rotatable bonds is 5. The molecular weight excluding hydrogens is 653 g/mol. The number of aromatic nitrogens is 4. The molecule has 2 aromatic heterocycles. The molecule has 8 aromatic carbocycles. The zero-order chi connectivity index (χ0) is 34.2. The summed E-state index contributed by atoms with van der Waals surface area (Å²) >= 11 is 1.87. The molecule has 0 unspecified atom stereocenters. The van der Waals surface area contributed by atoms with Crippen molar-refractivity contribution in [3.05, 3.63) is 170 Å². The Morgan fingerprint density at radius 1 is 0.385 bits per heavy atom. The summed E-state index contributed by atoms with van der Waals surface area (Å²) in [5, 5.41) is 7.43. The monoisotopic (exact) mass is 680 g/mol. The molecule has 0 saturated heterocycles. The van der Waals surface area contributed by atoms with Crippen LogP contribution in [-0.4, -0.2) is 19.5 Å². The van der Waals surface area contributed by atoms with Crippen molar-refractivity contribution in [2.24, 2.45) is 0 Å². The lowest BCUT2D eigenvalue weighted by molar-refractivity contribution is 1.07. The Morgan fingerprint density at radius 2 is 0.962 bits per heavy atom. The highest BCUT2D eigenvalue weighted by Crippen LogP contribution is 2.52. The quantitative estimate of drug-likeness (QED) is 0.181. The van der Waals surface area contributed by atoms with E-state index >= 15 is 0 Å². The molecule has 52 heavy (non-hydrogen) atoms. The van der Waals surface area contributed by atoms with Gasteiger partial charge in [-0.15, -0.1) is 0 Å². The SMILES string of the molecule is c1ccc(-c2nc(-c3ccccc3)nc(-c3cc(-n4c5cccc6c5c5c7c(cccc7c(-c7ccccc7)cc54)S6)cc4ccccc34)n2)cc1. The van der Waals surface area contributed by atoms with Crippen molar-refractivity contribution in [3.8, 4) is 51.0 Å². The van der Waals surface area contributed by atoms with Crippen LogP contribution in [0.5, 0.6) is 0 Å². The first-order valence-electron chi connectivity index (χ1n) is 17.5. The predicted octanol–water partition coefficient (Wildman–Crippen LogP) is 12.4. The highest BCUT2D eigenvalue weighted by Gasteiger charge is 2.26. The maximum Gasteiger partial charge on any atom is 0.164 e. The lowest BCUT2D eigenvalue weighted by atomic mass is 9.94. The van der Waals surface area contributed by atoms with Crippen LogP contribution >= 0.6 is 11.8 Å². The first kappa shape index (κ1) is 29.2. The lowest BCUT2D eigenvalue weighted by Crippen LogP contribution is -2.02. The summed E-state index contributed by atoms with van der Waals surface area (Å²) in [5.41, 5.74) is 8.75. The first-order valence-corrected chi connectivity index (χ1v) is 18.3. The van der Waals surface area contributed by atoms with E-state index in [0.29, 0.717) is 17.5 Å². The summed E-state index contributed by atoms with van der Waals surface area (Å²) in [6.07, 6.45) is 0. The Labute approximate surface area is 304 Å². The minimum Gasteiger partial charge on any atom is -0.309 e. The van der Waals surface area contributed by atoms with Gasteiger partial charge in [-0.05, 0) is 63.7 Å². The normalized spacial score (nSPS) is 12.2. The Bertz CT molecular complexity index is 2970. The fourth-order valence-corrected chi connectivity index (χ4v) is 9.06. The molecule has 1 aliphatic heterocycles. The van der Waals surface area contributed by atoms with E-state index in [1.807, 2.05) is 48.2 Å². The molecule has 0 bridgehead atoms. The zero-order valence-corrected chi connectivity index (χ0v) is 28.7. The predicted molar refractivity (Wildman–Crippen MR) is 215 cm³/mol. The van der Waals surface area contributed by atoms with Crippen LogP contribution in [0.15, 0.2) is 180 Å². The molecule has 0 spiro atoms. The number of hydrogen-bond acceptors (Lipinski definition) is 4. The second kappa shape index (κ2) is 11.5. The van der Waals surface area contributed by atoms with Gasteiger partial charge in [-0.3, -0.25) is 0 Å². The fourth-order valence-electron chi connectivity index (χ4n) is 7.91. The van der Waals surface area contributed by atoms with Crippen molar-refractivity contribution in [2.45, 2.75) is 9.79 Å². The number of fused-ring (bicyclic) bond motifs is 1. The molecule has 1 aliphatic rings. The summed E-state index contributed by atoms with van der Waals surface area (Å²) < 4.78 is 2.45. The van der Waals surface area contributed by atoms with E-state index in [2.05, 4.69) is 138 Å². The molecule has 0 radical (unpaired) electrons. The third kappa shape index (κ3) is 4.46. The van der Waals surface area contributed by atoms with Crippen molar-refractivity contribution < 1.29 is 0 Å². The van der Waals surface area contributed by atoms with Gasteiger partial charge in [0.15, 0.2) is 17.5 Å². The molecule has 0 fully saturated rings. The van der Waals surface area contributed by atoms with Crippen molar-refractivity contribution >= 4 is 55.1 Å². The first-order chi connectivity index (χ1) is 25.8. The minimum atomic E-state index is 0.643. The largest absolute Gasteiger partial charge is 0.309 e. The molecule has 5 heteroatoms. The summed E-state index contributed by atoms with van der Waals surface area (Å²) in [5.74, 6) is 1.94. The highest BCUT2D eigenvalue weighted by molar-refractivity contribution is 8.00. The van der Waals surface area contributed by atoms with Crippen LogP contribution in [0.3, 0.4) is 0 Å². The third-order valence-electron chi connectivity index (χ3n) is 10.2. The fraction of sp³-hybridized carbons (Fsp3) is 0. The maximum absolute atomic E-state index is 5.18. The molecule has 3 heterocycles. The van der Waals surface area contributed by atoms with Crippen LogP contribution in [0.4, 0.5) is 0 Å². The zero-order valence-electron chi connectivity index (χ0n) is 27.9. The van der Waals surface area contributed by atoms with Gasteiger partial charge in [0.1, 0.15) is 0 Å². The molecule has 0 N–H and O–H groups in total. The maximum atomic E-state index is 5.18. The van der Waals surface area contributed by atoms with Crippen LogP contribution in [0.25, 0.3) is 94.3 Å². The minimum absolute atomic E-state index is 0.643. The highest BCUT2D eigenvalue weighted by atomic mass is 32.2. The van der Waals surface area contributed by atoms with Crippen LogP contribution < -0.4 is 0 Å². The van der Waals surface area contributed by atoms with Gasteiger partial charge in [0, 0.05) is 48.3 Å². The molecule has 0 amide bonds. The van der Waals surface area contributed by atoms with Crippen molar-refractivity contribution in [1.29, 1.82) is 0 Å². The molecule has 10 aromatic rings. The van der Waals surface area contributed by atoms with E-state index in [0.717, 1.165) is 33.2 Å². The summed E-state index contributed by atoms with van der Waals surface area (Å²) in [6, 6.07) is 60.1. The van der Waals surface area contributed by atoms with Crippen LogP contribution in [0.1, 0.15) is 0 Å². The molecule has 0 saturated carbocycles. The molecule has 4 nitrogen and oxygen atoms in total. The van der Waals surface area contributed by atoms with Gasteiger partial charge < -0.3 is 4.57 Å². The van der Waals surface area contributed by atoms with E-state index in [-0.39, 0.29) is 0 Å². The number of hydrogen-bond donors (Lipinski definition) is 0. The Hall–Kier alpha value is -6.56. The average molecular weight is 681 g/mol. The van der Waals surface area contributed by atoms with Crippen molar-refractivity contribution in [3.63, 3.8) is 0 Å². The third-order valence-corrected chi connectivity index (χ3v) is 11.3. The summed E-state index contributed by atoms with van der Waals surface area (Å²) in [4.78, 5) is 17.9. The average Bonchev–Trinajstić information content (AvgIpc) is 3.56. The molecule has 11 rings (SSSR count). The van der Waals surface area contributed by atoms with Gasteiger partial charge in [-0.25, -0.2) is 15.0 Å².